The van der Waals surface area contributed by atoms with Gasteiger partial charge < -0.3 is 0 Å². The number of pyridine rings is 1. The molecule has 0 atom stereocenters. The van der Waals surface area contributed by atoms with Gasteiger partial charge in [-0.05, 0) is 23.6 Å². The Morgan fingerprint density at radius 1 is 1.24 bits per heavy atom. The van der Waals surface area contributed by atoms with Gasteiger partial charge in [0.15, 0.2) is 0 Å². The highest BCUT2D eigenvalue weighted by Gasteiger charge is 2.32. The van der Waals surface area contributed by atoms with E-state index in [1.165, 1.54) is 34.6 Å². The molecule has 2 aromatic rings. The second kappa shape index (κ2) is 7.01. The van der Waals surface area contributed by atoms with Crippen molar-refractivity contribution in [2.45, 2.75) is 51.2 Å². The number of halogens is 3. The van der Waals surface area contributed by atoms with Crippen molar-refractivity contribution >= 4 is 0 Å². The Labute approximate surface area is 143 Å². The Morgan fingerprint density at radius 3 is 2.64 bits per heavy atom. The van der Waals surface area contributed by atoms with Gasteiger partial charge in [-0.1, -0.05) is 32.1 Å². The van der Waals surface area contributed by atoms with E-state index in [1.54, 1.807) is 7.05 Å². The average Bonchev–Trinajstić information content (AvgIpc) is 2.83. The first-order valence-electron chi connectivity index (χ1n) is 8.49. The van der Waals surface area contributed by atoms with Gasteiger partial charge in [0.25, 0.3) is 0 Å². The summed E-state index contributed by atoms with van der Waals surface area (Å²) >= 11 is 0. The maximum absolute atomic E-state index is 12.8. The van der Waals surface area contributed by atoms with E-state index in [0.29, 0.717) is 23.7 Å². The molecule has 0 N–H and O–H groups in total. The predicted octanol–water partition coefficient (Wildman–Crippen LogP) is 3.17. The molecule has 8 heteroatoms. The SMILES string of the molecule is Cn1nc(CC2CCCCC2)n(Cc2ccnc(C(F)(F)F)c2)c1=O. The van der Waals surface area contributed by atoms with Gasteiger partial charge in [-0.3, -0.25) is 9.55 Å². The third kappa shape index (κ3) is 4.11. The third-order valence-electron chi connectivity index (χ3n) is 4.74. The number of nitrogens with zero attached hydrogens (tertiary/aromatic N) is 4. The number of aromatic nitrogens is 4. The molecule has 0 amide bonds. The van der Waals surface area contributed by atoms with Gasteiger partial charge in [0.05, 0.1) is 6.54 Å². The molecule has 136 valence electrons. The summed E-state index contributed by atoms with van der Waals surface area (Å²) in [5.74, 6) is 1.13. The molecular formula is C17H21F3N4O. The fraction of sp³-hybridized carbons (Fsp3) is 0.588. The monoisotopic (exact) mass is 354 g/mol. The normalized spacial score (nSPS) is 16.3. The molecule has 3 rings (SSSR count). The summed E-state index contributed by atoms with van der Waals surface area (Å²) in [4.78, 5) is 15.7. The van der Waals surface area contributed by atoms with Gasteiger partial charge in [0.2, 0.25) is 0 Å². The molecular weight excluding hydrogens is 333 g/mol. The van der Waals surface area contributed by atoms with Crippen molar-refractivity contribution in [1.29, 1.82) is 0 Å². The van der Waals surface area contributed by atoms with Gasteiger partial charge in [-0.25, -0.2) is 9.48 Å². The first kappa shape index (κ1) is 17.7. The lowest BCUT2D eigenvalue weighted by atomic mass is 9.87. The standard InChI is InChI=1S/C17H21F3N4O/c1-23-16(25)24(15(22-23)10-12-5-3-2-4-6-12)11-13-7-8-21-14(9-13)17(18,19)20/h7-9,12H,2-6,10-11H2,1H3. The zero-order chi connectivity index (χ0) is 18.0. The van der Waals surface area contributed by atoms with Crippen molar-refractivity contribution in [2.24, 2.45) is 13.0 Å². The fourth-order valence-electron chi connectivity index (χ4n) is 3.42. The molecule has 0 aliphatic heterocycles. The topological polar surface area (TPSA) is 52.7 Å². The highest BCUT2D eigenvalue weighted by molar-refractivity contribution is 5.19. The van der Waals surface area contributed by atoms with Crippen LogP contribution in [0.5, 0.6) is 0 Å². The van der Waals surface area contributed by atoms with Crippen LogP contribution in [0.1, 0.15) is 49.2 Å². The zero-order valence-corrected chi connectivity index (χ0v) is 14.1. The second-order valence-corrected chi connectivity index (χ2v) is 6.66. The molecule has 0 bridgehead atoms. The van der Waals surface area contributed by atoms with Gasteiger partial charge in [-0.2, -0.15) is 18.3 Å². The van der Waals surface area contributed by atoms with Crippen LogP contribution in [0.25, 0.3) is 0 Å². The minimum Gasteiger partial charge on any atom is -0.274 e. The van der Waals surface area contributed by atoms with Gasteiger partial charge in [0, 0.05) is 19.7 Å². The summed E-state index contributed by atoms with van der Waals surface area (Å²) in [6, 6.07) is 2.49. The van der Waals surface area contributed by atoms with Crippen LogP contribution < -0.4 is 5.69 Å². The van der Waals surface area contributed by atoms with Crippen molar-refractivity contribution in [1.82, 2.24) is 19.3 Å². The lowest BCUT2D eigenvalue weighted by Gasteiger charge is -2.21. The minimum atomic E-state index is -4.50. The van der Waals surface area contributed by atoms with Gasteiger partial charge in [0.1, 0.15) is 11.5 Å². The van der Waals surface area contributed by atoms with Gasteiger partial charge in [-0.15, -0.1) is 0 Å². The highest BCUT2D eigenvalue weighted by atomic mass is 19.4. The van der Waals surface area contributed by atoms with Crippen molar-refractivity contribution in [3.05, 3.63) is 45.9 Å². The Kier molecular flexibility index (Phi) is 4.96. The molecule has 0 aromatic carbocycles. The van der Waals surface area contributed by atoms with Crippen LogP contribution >= 0.6 is 0 Å². The van der Waals surface area contributed by atoms with E-state index in [0.717, 1.165) is 25.1 Å². The summed E-state index contributed by atoms with van der Waals surface area (Å²) in [5.41, 5.74) is -0.866. The van der Waals surface area contributed by atoms with Crippen LogP contribution in [0.3, 0.4) is 0 Å². The molecule has 0 spiro atoms. The van der Waals surface area contributed by atoms with Crippen molar-refractivity contribution in [3.63, 3.8) is 0 Å². The summed E-state index contributed by atoms with van der Waals surface area (Å²) in [6.07, 6.45) is 3.13. The Hall–Kier alpha value is -2.12. The molecule has 2 heterocycles. The van der Waals surface area contributed by atoms with E-state index in [2.05, 4.69) is 10.1 Å². The first-order chi connectivity index (χ1) is 11.8. The molecule has 0 unspecified atom stereocenters. The Morgan fingerprint density at radius 2 is 1.96 bits per heavy atom. The van der Waals surface area contributed by atoms with E-state index in [4.69, 9.17) is 0 Å². The molecule has 0 radical (unpaired) electrons. The van der Waals surface area contributed by atoms with Crippen LogP contribution in [-0.2, 0) is 26.2 Å². The lowest BCUT2D eigenvalue weighted by molar-refractivity contribution is -0.141. The predicted molar refractivity (Wildman–Crippen MR) is 86.1 cm³/mol. The van der Waals surface area contributed by atoms with Crippen LogP contribution in [0.4, 0.5) is 13.2 Å². The van der Waals surface area contributed by atoms with Crippen molar-refractivity contribution in [2.75, 3.05) is 0 Å². The summed E-state index contributed by atoms with van der Waals surface area (Å²) in [6.45, 7) is 0.0698. The summed E-state index contributed by atoms with van der Waals surface area (Å²) in [7, 11) is 1.57. The maximum atomic E-state index is 12.8. The number of alkyl halides is 3. The molecule has 25 heavy (non-hydrogen) atoms. The molecule has 1 saturated carbocycles. The van der Waals surface area contributed by atoms with Crippen LogP contribution in [0, 0.1) is 5.92 Å². The second-order valence-electron chi connectivity index (χ2n) is 6.66. The quantitative estimate of drug-likeness (QED) is 0.847. The number of rotatable bonds is 4. The lowest BCUT2D eigenvalue weighted by Crippen LogP contribution is -2.25. The number of hydrogen-bond donors (Lipinski definition) is 0. The van der Waals surface area contributed by atoms with E-state index in [9.17, 15) is 18.0 Å². The minimum absolute atomic E-state index is 0.0698. The summed E-state index contributed by atoms with van der Waals surface area (Å²) < 4.78 is 41.2. The van der Waals surface area contributed by atoms with E-state index in [-0.39, 0.29) is 12.2 Å². The molecule has 0 saturated heterocycles. The van der Waals surface area contributed by atoms with Crippen LogP contribution in [0.15, 0.2) is 23.1 Å². The molecule has 1 aliphatic carbocycles. The maximum Gasteiger partial charge on any atom is 0.433 e. The first-order valence-corrected chi connectivity index (χ1v) is 8.49. The van der Waals surface area contributed by atoms with E-state index < -0.39 is 11.9 Å². The smallest absolute Gasteiger partial charge is 0.274 e. The zero-order valence-electron chi connectivity index (χ0n) is 14.1. The van der Waals surface area contributed by atoms with E-state index in [1.807, 2.05) is 0 Å². The fourth-order valence-corrected chi connectivity index (χ4v) is 3.42. The largest absolute Gasteiger partial charge is 0.433 e. The van der Waals surface area contributed by atoms with Crippen molar-refractivity contribution in [3.8, 4) is 0 Å². The highest BCUT2D eigenvalue weighted by Crippen LogP contribution is 2.28. The Balaban J connectivity index is 1.86. The molecule has 1 fully saturated rings. The Bertz CT molecular complexity index is 788. The van der Waals surface area contributed by atoms with Crippen LogP contribution in [-0.4, -0.2) is 19.3 Å². The van der Waals surface area contributed by atoms with E-state index >= 15 is 0 Å². The average molecular weight is 354 g/mol. The molecule has 2 aromatic heterocycles. The third-order valence-corrected chi connectivity index (χ3v) is 4.74. The molecule has 1 aliphatic rings. The van der Waals surface area contributed by atoms with Gasteiger partial charge >= 0.3 is 11.9 Å². The molecule has 5 nitrogen and oxygen atoms in total. The number of hydrogen-bond acceptors (Lipinski definition) is 3. The summed E-state index contributed by atoms with van der Waals surface area (Å²) in [5, 5.41) is 4.30. The van der Waals surface area contributed by atoms with Crippen molar-refractivity contribution < 1.29 is 13.2 Å². The van der Waals surface area contributed by atoms with Crippen LogP contribution in [0.2, 0.25) is 0 Å². The number of aryl methyl sites for hydroxylation is 1.